The van der Waals surface area contributed by atoms with Crippen molar-refractivity contribution in [1.29, 1.82) is 0 Å². The van der Waals surface area contributed by atoms with Gasteiger partial charge in [-0.25, -0.2) is 8.42 Å². The monoisotopic (exact) mass is 475 g/mol. The van der Waals surface area contributed by atoms with Crippen molar-refractivity contribution < 1.29 is 27.5 Å². The second kappa shape index (κ2) is 11.3. The molecule has 2 amide bonds. The second-order valence-corrected chi connectivity index (χ2v) is 9.29. The summed E-state index contributed by atoms with van der Waals surface area (Å²) < 4.78 is 37.4. The Morgan fingerprint density at radius 1 is 1.03 bits per heavy atom. The van der Waals surface area contributed by atoms with Crippen LogP contribution in [0.15, 0.2) is 53.4 Å². The van der Waals surface area contributed by atoms with Gasteiger partial charge < -0.3 is 19.7 Å². The molecule has 1 aliphatic rings. The van der Waals surface area contributed by atoms with Gasteiger partial charge in [0.25, 0.3) is 11.8 Å². The van der Waals surface area contributed by atoms with Crippen molar-refractivity contribution in [3.63, 3.8) is 0 Å². The highest BCUT2D eigenvalue weighted by Crippen LogP contribution is 2.21. The van der Waals surface area contributed by atoms with E-state index in [4.69, 9.17) is 9.47 Å². The van der Waals surface area contributed by atoms with Crippen LogP contribution in [0.4, 0.5) is 5.69 Å². The van der Waals surface area contributed by atoms with Crippen molar-refractivity contribution in [2.45, 2.75) is 18.7 Å². The minimum atomic E-state index is -3.56. The second-order valence-electron chi connectivity index (χ2n) is 7.35. The van der Waals surface area contributed by atoms with Crippen molar-refractivity contribution >= 4 is 27.5 Å². The fourth-order valence-electron chi connectivity index (χ4n) is 3.47. The van der Waals surface area contributed by atoms with Gasteiger partial charge in [0.2, 0.25) is 10.0 Å². The first-order valence-corrected chi connectivity index (χ1v) is 12.3. The lowest BCUT2D eigenvalue weighted by Gasteiger charge is -2.27. The van der Waals surface area contributed by atoms with Crippen LogP contribution in [0, 0.1) is 0 Å². The van der Waals surface area contributed by atoms with Gasteiger partial charge >= 0.3 is 0 Å². The summed E-state index contributed by atoms with van der Waals surface area (Å²) in [5.74, 6) is -0.271. The number of hydrogen-bond donors (Lipinski definition) is 1. The number of carbonyl (C=O) groups is 2. The van der Waals surface area contributed by atoms with Crippen molar-refractivity contribution in [3.05, 3.63) is 54.1 Å². The van der Waals surface area contributed by atoms with Crippen LogP contribution in [0.1, 0.15) is 24.2 Å². The van der Waals surface area contributed by atoms with Gasteiger partial charge in [0.05, 0.1) is 23.7 Å². The van der Waals surface area contributed by atoms with E-state index in [9.17, 15) is 18.0 Å². The first kappa shape index (κ1) is 24.7. The Kier molecular flexibility index (Phi) is 8.43. The number of morpholine rings is 1. The minimum absolute atomic E-state index is 0.163. The van der Waals surface area contributed by atoms with Gasteiger partial charge in [0.1, 0.15) is 5.75 Å². The van der Waals surface area contributed by atoms with Gasteiger partial charge in [-0.2, -0.15) is 4.31 Å². The van der Waals surface area contributed by atoms with E-state index in [-0.39, 0.29) is 17.4 Å². The molecule has 1 fully saturated rings. The van der Waals surface area contributed by atoms with Crippen molar-refractivity contribution in [2.24, 2.45) is 0 Å². The largest absolute Gasteiger partial charge is 0.483 e. The lowest BCUT2D eigenvalue weighted by Crippen LogP contribution is -2.40. The van der Waals surface area contributed by atoms with Crippen LogP contribution in [0.2, 0.25) is 0 Å². The Morgan fingerprint density at radius 2 is 1.67 bits per heavy atom. The molecule has 0 bridgehead atoms. The molecular weight excluding hydrogens is 446 g/mol. The predicted molar refractivity (Wildman–Crippen MR) is 124 cm³/mol. The number of nitrogens with zero attached hydrogens (tertiary/aromatic N) is 2. The molecule has 1 N–H and O–H groups in total. The average Bonchev–Trinajstić information content (AvgIpc) is 2.84. The number of sulfonamides is 1. The molecule has 1 heterocycles. The summed E-state index contributed by atoms with van der Waals surface area (Å²) in [5, 5.41) is 2.68. The van der Waals surface area contributed by atoms with Crippen molar-refractivity contribution in [1.82, 2.24) is 9.21 Å². The van der Waals surface area contributed by atoms with E-state index in [0.29, 0.717) is 56.4 Å². The first-order valence-electron chi connectivity index (χ1n) is 10.9. The third-order valence-electron chi connectivity index (χ3n) is 5.26. The van der Waals surface area contributed by atoms with Gasteiger partial charge in [-0.15, -0.1) is 0 Å². The van der Waals surface area contributed by atoms with E-state index in [1.807, 2.05) is 0 Å². The van der Waals surface area contributed by atoms with Gasteiger partial charge in [-0.3, -0.25) is 9.59 Å². The number of amides is 2. The zero-order chi connectivity index (χ0) is 23.8. The minimum Gasteiger partial charge on any atom is -0.483 e. The molecule has 0 atom stereocenters. The number of ether oxygens (including phenoxy) is 2. The lowest BCUT2D eigenvalue weighted by molar-refractivity contribution is -0.118. The number of carbonyl (C=O) groups excluding carboxylic acids is 2. The van der Waals surface area contributed by atoms with Crippen molar-refractivity contribution in [2.75, 3.05) is 51.3 Å². The SMILES string of the molecule is CCN(CC)S(=O)(=O)c1ccc(NC(=O)COc2ccccc2C(=O)N2CCOCC2)cc1. The molecule has 0 unspecified atom stereocenters. The van der Waals surface area contributed by atoms with E-state index in [1.54, 1.807) is 43.0 Å². The standard InChI is InChI=1S/C23H29N3O6S/c1-3-26(4-2)33(29,30)19-11-9-18(10-12-19)24-22(27)17-32-21-8-6-5-7-20(21)23(28)25-13-15-31-16-14-25/h5-12H,3-4,13-17H2,1-2H3,(H,24,27). The molecule has 0 spiro atoms. The number of nitrogens with one attached hydrogen (secondary N) is 1. The fourth-order valence-corrected chi connectivity index (χ4v) is 4.93. The van der Waals surface area contributed by atoms with Crippen LogP contribution in [0.3, 0.4) is 0 Å². The Hall–Kier alpha value is -2.95. The number of para-hydroxylation sites is 1. The summed E-state index contributed by atoms with van der Waals surface area (Å²) >= 11 is 0. The third kappa shape index (κ3) is 6.10. The van der Waals surface area contributed by atoms with E-state index < -0.39 is 15.9 Å². The third-order valence-corrected chi connectivity index (χ3v) is 7.32. The van der Waals surface area contributed by atoms with Crippen LogP contribution in [0.25, 0.3) is 0 Å². The molecule has 1 saturated heterocycles. The Morgan fingerprint density at radius 3 is 2.30 bits per heavy atom. The summed E-state index contributed by atoms with van der Waals surface area (Å²) in [6.07, 6.45) is 0. The molecule has 2 aromatic carbocycles. The highest BCUT2D eigenvalue weighted by Gasteiger charge is 2.23. The maximum absolute atomic E-state index is 12.8. The van der Waals surface area contributed by atoms with Crippen LogP contribution in [-0.4, -0.2) is 75.4 Å². The first-order chi connectivity index (χ1) is 15.9. The van der Waals surface area contributed by atoms with Crippen LogP contribution in [0.5, 0.6) is 5.75 Å². The highest BCUT2D eigenvalue weighted by molar-refractivity contribution is 7.89. The Bertz CT molecular complexity index is 1060. The maximum Gasteiger partial charge on any atom is 0.262 e. The molecule has 2 aromatic rings. The quantitative estimate of drug-likeness (QED) is 0.596. The van der Waals surface area contributed by atoms with Gasteiger partial charge in [-0.05, 0) is 36.4 Å². The molecule has 9 nitrogen and oxygen atoms in total. The smallest absolute Gasteiger partial charge is 0.262 e. The molecule has 10 heteroatoms. The van der Waals surface area contributed by atoms with Crippen molar-refractivity contribution in [3.8, 4) is 5.75 Å². The predicted octanol–water partition coefficient (Wildman–Crippen LogP) is 2.21. The molecule has 0 aliphatic carbocycles. The fraction of sp³-hybridized carbons (Fsp3) is 0.391. The number of benzene rings is 2. The van der Waals surface area contributed by atoms with Crippen LogP contribution < -0.4 is 10.1 Å². The number of anilines is 1. The molecule has 0 saturated carbocycles. The molecule has 0 aromatic heterocycles. The van der Waals surface area contributed by atoms with Crippen LogP contribution in [-0.2, 0) is 19.6 Å². The van der Waals surface area contributed by atoms with Gasteiger partial charge in [0.15, 0.2) is 6.61 Å². The maximum atomic E-state index is 12.8. The van der Waals surface area contributed by atoms with E-state index in [0.717, 1.165) is 0 Å². The summed E-state index contributed by atoms with van der Waals surface area (Å²) in [5.41, 5.74) is 0.831. The zero-order valence-corrected chi connectivity index (χ0v) is 19.6. The van der Waals surface area contributed by atoms with E-state index in [2.05, 4.69) is 5.32 Å². The summed E-state index contributed by atoms with van der Waals surface area (Å²) in [7, 11) is -3.56. The molecule has 0 radical (unpaired) electrons. The highest BCUT2D eigenvalue weighted by atomic mass is 32.2. The Balaban J connectivity index is 1.61. The Labute approximate surface area is 194 Å². The lowest BCUT2D eigenvalue weighted by atomic mass is 10.1. The molecule has 1 aliphatic heterocycles. The summed E-state index contributed by atoms with van der Waals surface area (Å²) in [4.78, 5) is 27.0. The molecule has 33 heavy (non-hydrogen) atoms. The molecule has 178 valence electrons. The zero-order valence-electron chi connectivity index (χ0n) is 18.8. The summed E-state index contributed by atoms with van der Waals surface area (Å²) in [6, 6.07) is 12.8. The van der Waals surface area contributed by atoms with Gasteiger partial charge in [-0.1, -0.05) is 26.0 Å². The number of hydrogen-bond acceptors (Lipinski definition) is 6. The topological polar surface area (TPSA) is 105 Å². The number of rotatable bonds is 9. The normalized spacial score (nSPS) is 14.2. The van der Waals surface area contributed by atoms with E-state index >= 15 is 0 Å². The van der Waals surface area contributed by atoms with Gasteiger partial charge in [0, 0.05) is 31.9 Å². The average molecular weight is 476 g/mol. The molecule has 3 rings (SSSR count). The summed E-state index contributed by atoms with van der Waals surface area (Å²) in [6.45, 7) is 6.02. The van der Waals surface area contributed by atoms with Crippen LogP contribution >= 0.6 is 0 Å². The van der Waals surface area contributed by atoms with E-state index in [1.165, 1.54) is 28.6 Å². The molecular formula is C23H29N3O6S.